The number of nitrogens with zero attached hydrogens (tertiary/aromatic N) is 3. The van der Waals surface area contributed by atoms with Crippen LogP contribution in [-0.4, -0.2) is 22.6 Å². The second-order valence-corrected chi connectivity index (χ2v) is 6.87. The van der Waals surface area contributed by atoms with Gasteiger partial charge >= 0.3 is 0 Å². The van der Waals surface area contributed by atoms with E-state index in [0.29, 0.717) is 23.0 Å². The van der Waals surface area contributed by atoms with E-state index in [4.69, 9.17) is 4.52 Å². The first-order valence-electron chi connectivity index (χ1n) is 8.13. The largest absolute Gasteiger partial charge is 0.338 e. The summed E-state index contributed by atoms with van der Waals surface area (Å²) in [5.41, 5.74) is 2.95. The molecule has 1 aliphatic heterocycles. The van der Waals surface area contributed by atoms with Crippen LogP contribution < -0.4 is 4.90 Å². The molecule has 3 aromatic rings. The smallest absolute Gasteiger partial charge is 0.259 e. The highest BCUT2D eigenvalue weighted by Crippen LogP contribution is 2.32. The number of amides is 1. The molecule has 1 aromatic heterocycles. The van der Waals surface area contributed by atoms with Gasteiger partial charge in [-0.05, 0) is 37.1 Å². The molecule has 0 radical (unpaired) electrons. The number of fused-ring (bicyclic) bond motifs is 1. The maximum atomic E-state index is 13.1. The molecule has 1 amide bonds. The van der Waals surface area contributed by atoms with Crippen molar-refractivity contribution in [1.82, 2.24) is 10.1 Å². The van der Waals surface area contributed by atoms with Crippen LogP contribution in [0.3, 0.4) is 0 Å². The normalized spacial score (nSPS) is 13.1. The maximum absolute atomic E-state index is 13.1. The lowest BCUT2D eigenvalue weighted by Gasteiger charge is -2.19. The van der Waals surface area contributed by atoms with Crippen molar-refractivity contribution in [2.45, 2.75) is 24.0 Å². The fourth-order valence-corrected chi connectivity index (χ4v) is 3.88. The van der Waals surface area contributed by atoms with Crippen molar-refractivity contribution in [3.8, 4) is 0 Å². The monoisotopic (exact) mass is 351 g/mol. The third-order valence-electron chi connectivity index (χ3n) is 4.17. The minimum Gasteiger partial charge on any atom is -0.338 e. The average molecular weight is 351 g/mol. The zero-order valence-electron chi connectivity index (χ0n) is 13.8. The minimum atomic E-state index is 0.0368. The molecule has 5 nitrogen and oxygen atoms in total. The molecule has 0 unspecified atom stereocenters. The number of aromatic nitrogens is 2. The molecule has 0 fully saturated rings. The molecule has 0 spiro atoms. The maximum Gasteiger partial charge on any atom is 0.259 e. The lowest BCUT2D eigenvalue weighted by atomic mass is 10.1. The van der Waals surface area contributed by atoms with Gasteiger partial charge in [-0.15, -0.1) is 11.8 Å². The number of hydrogen-bond acceptors (Lipinski definition) is 5. The second kappa shape index (κ2) is 6.72. The van der Waals surface area contributed by atoms with Gasteiger partial charge in [0.25, 0.3) is 5.91 Å². The van der Waals surface area contributed by atoms with Gasteiger partial charge in [0.15, 0.2) is 5.82 Å². The molecule has 0 aliphatic carbocycles. The van der Waals surface area contributed by atoms with Gasteiger partial charge in [-0.25, -0.2) is 0 Å². The minimum absolute atomic E-state index is 0.0368. The molecular weight excluding hydrogens is 334 g/mol. The SMILES string of the molecule is Cc1noc(CSc2ccccc2C(=O)N2CCc3ccccc32)n1. The fraction of sp³-hybridized carbons (Fsp3) is 0.211. The van der Waals surface area contributed by atoms with Gasteiger partial charge in [-0.2, -0.15) is 4.98 Å². The fourth-order valence-electron chi connectivity index (χ4n) is 3.00. The molecule has 0 atom stereocenters. The lowest BCUT2D eigenvalue weighted by Crippen LogP contribution is -2.29. The Morgan fingerprint density at radius 1 is 1.20 bits per heavy atom. The van der Waals surface area contributed by atoms with Gasteiger partial charge in [0.05, 0.1) is 11.3 Å². The van der Waals surface area contributed by atoms with Crippen LogP contribution in [0.1, 0.15) is 27.6 Å². The molecule has 4 rings (SSSR count). The van der Waals surface area contributed by atoms with Crippen LogP contribution in [0.4, 0.5) is 5.69 Å². The van der Waals surface area contributed by atoms with E-state index in [2.05, 4.69) is 16.2 Å². The van der Waals surface area contributed by atoms with E-state index >= 15 is 0 Å². The predicted octanol–water partition coefficient (Wildman–Crippen LogP) is 3.87. The van der Waals surface area contributed by atoms with Crippen LogP contribution in [0, 0.1) is 6.92 Å². The van der Waals surface area contributed by atoms with Gasteiger partial charge in [0, 0.05) is 17.1 Å². The molecule has 2 heterocycles. The van der Waals surface area contributed by atoms with Gasteiger partial charge in [-0.3, -0.25) is 4.79 Å². The van der Waals surface area contributed by atoms with Crippen molar-refractivity contribution in [2.24, 2.45) is 0 Å². The zero-order chi connectivity index (χ0) is 17.2. The van der Waals surface area contributed by atoms with Gasteiger partial charge < -0.3 is 9.42 Å². The van der Waals surface area contributed by atoms with E-state index in [1.807, 2.05) is 47.4 Å². The number of hydrogen-bond donors (Lipinski definition) is 0. The quantitative estimate of drug-likeness (QED) is 0.668. The van der Waals surface area contributed by atoms with Crippen LogP contribution in [-0.2, 0) is 12.2 Å². The lowest BCUT2D eigenvalue weighted by molar-refractivity contribution is 0.0986. The number of carbonyl (C=O) groups is 1. The van der Waals surface area contributed by atoms with Crippen molar-refractivity contribution >= 4 is 23.4 Å². The zero-order valence-corrected chi connectivity index (χ0v) is 14.6. The number of benzene rings is 2. The molecule has 6 heteroatoms. The summed E-state index contributed by atoms with van der Waals surface area (Å²) in [7, 11) is 0. The van der Waals surface area contributed by atoms with E-state index < -0.39 is 0 Å². The van der Waals surface area contributed by atoms with Crippen LogP contribution in [0.25, 0.3) is 0 Å². The Hall–Kier alpha value is -2.60. The Labute approximate surface area is 150 Å². The van der Waals surface area contributed by atoms with Gasteiger partial charge in [0.1, 0.15) is 0 Å². The van der Waals surface area contributed by atoms with E-state index in [0.717, 1.165) is 23.5 Å². The average Bonchev–Trinajstić information content (AvgIpc) is 3.26. The van der Waals surface area contributed by atoms with E-state index in [1.54, 1.807) is 6.92 Å². The van der Waals surface area contributed by atoms with Crippen LogP contribution >= 0.6 is 11.8 Å². The summed E-state index contributed by atoms with van der Waals surface area (Å²) in [6.07, 6.45) is 0.901. The standard InChI is InChI=1S/C19H17N3O2S/c1-13-20-18(24-21-13)12-25-17-9-5-3-7-15(17)19(23)22-11-10-14-6-2-4-8-16(14)22/h2-9H,10-12H2,1H3. The summed E-state index contributed by atoms with van der Waals surface area (Å²) in [5, 5.41) is 3.80. The summed E-state index contributed by atoms with van der Waals surface area (Å²) in [5.74, 6) is 1.77. The molecular formula is C19H17N3O2S. The summed E-state index contributed by atoms with van der Waals surface area (Å²) >= 11 is 1.54. The summed E-state index contributed by atoms with van der Waals surface area (Å²) in [6, 6.07) is 15.8. The Kier molecular flexibility index (Phi) is 4.28. The van der Waals surface area contributed by atoms with Gasteiger partial charge in [0.2, 0.25) is 5.89 Å². The molecule has 0 N–H and O–H groups in total. The van der Waals surface area contributed by atoms with E-state index in [9.17, 15) is 4.79 Å². The topological polar surface area (TPSA) is 59.2 Å². The Balaban J connectivity index is 1.57. The van der Waals surface area contributed by atoms with E-state index in [-0.39, 0.29) is 5.91 Å². The molecule has 25 heavy (non-hydrogen) atoms. The Morgan fingerprint density at radius 3 is 2.84 bits per heavy atom. The first-order valence-corrected chi connectivity index (χ1v) is 9.12. The highest BCUT2D eigenvalue weighted by molar-refractivity contribution is 7.98. The first kappa shape index (κ1) is 15.9. The highest BCUT2D eigenvalue weighted by Gasteiger charge is 2.26. The van der Waals surface area contributed by atoms with Crippen molar-refractivity contribution in [3.05, 3.63) is 71.4 Å². The molecule has 126 valence electrons. The third-order valence-corrected chi connectivity index (χ3v) is 5.23. The molecule has 0 bridgehead atoms. The molecule has 0 saturated heterocycles. The first-order chi connectivity index (χ1) is 12.2. The van der Waals surface area contributed by atoms with Crippen molar-refractivity contribution in [3.63, 3.8) is 0 Å². The molecule has 2 aromatic carbocycles. The van der Waals surface area contributed by atoms with Crippen LogP contribution in [0.2, 0.25) is 0 Å². The Bertz CT molecular complexity index is 922. The number of para-hydroxylation sites is 1. The van der Waals surface area contributed by atoms with Crippen LogP contribution in [0.15, 0.2) is 57.9 Å². The van der Waals surface area contributed by atoms with Crippen molar-refractivity contribution in [1.29, 1.82) is 0 Å². The number of thioether (sulfide) groups is 1. The summed E-state index contributed by atoms with van der Waals surface area (Å²) in [6.45, 7) is 2.51. The Morgan fingerprint density at radius 2 is 2.00 bits per heavy atom. The number of carbonyl (C=O) groups excluding carboxylic acids is 1. The predicted molar refractivity (Wildman–Crippen MR) is 96.9 cm³/mol. The summed E-state index contributed by atoms with van der Waals surface area (Å²) in [4.78, 5) is 20.1. The third kappa shape index (κ3) is 3.17. The highest BCUT2D eigenvalue weighted by atomic mass is 32.2. The van der Waals surface area contributed by atoms with Crippen molar-refractivity contribution in [2.75, 3.05) is 11.4 Å². The second-order valence-electron chi connectivity index (χ2n) is 5.86. The summed E-state index contributed by atoms with van der Waals surface area (Å²) < 4.78 is 5.16. The van der Waals surface area contributed by atoms with Crippen molar-refractivity contribution < 1.29 is 9.32 Å². The number of aryl methyl sites for hydroxylation is 1. The molecule has 1 aliphatic rings. The number of anilines is 1. The van der Waals surface area contributed by atoms with Gasteiger partial charge in [-0.1, -0.05) is 35.5 Å². The molecule has 0 saturated carbocycles. The number of rotatable bonds is 4. The van der Waals surface area contributed by atoms with Crippen LogP contribution in [0.5, 0.6) is 0 Å². The van der Waals surface area contributed by atoms with E-state index in [1.165, 1.54) is 17.3 Å².